The lowest BCUT2D eigenvalue weighted by atomic mass is 9.98. The number of urea groups is 1. The molecule has 0 bridgehead atoms. The Balaban J connectivity index is 0.00000261. The van der Waals surface area contributed by atoms with Crippen molar-refractivity contribution in [3.63, 3.8) is 0 Å². The maximum absolute atomic E-state index is 13.4. The molecule has 0 aliphatic carbocycles. The van der Waals surface area contributed by atoms with Crippen molar-refractivity contribution in [2.45, 2.75) is 19.5 Å². The Hall–Kier alpha value is -2.18. The summed E-state index contributed by atoms with van der Waals surface area (Å²) in [7, 11) is 1.74. The van der Waals surface area contributed by atoms with Crippen molar-refractivity contribution in [2.75, 3.05) is 26.7 Å². The number of amides is 2. The zero-order chi connectivity index (χ0) is 18.7. The minimum Gasteiger partial charge on any atom is -0.323 e. The Bertz CT molecular complexity index is 785. The Morgan fingerprint density at radius 3 is 2.52 bits per heavy atom. The molecule has 27 heavy (non-hydrogen) atoms. The van der Waals surface area contributed by atoms with Gasteiger partial charge in [0.15, 0.2) is 0 Å². The molecule has 0 spiro atoms. The SMILES string of the molecule is Cc1cc(F)ccc1[C@H]1CNCCN1C(=O)N(C)Cc1ccc(F)cc1.Cl. The summed E-state index contributed by atoms with van der Waals surface area (Å²) in [6.07, 6.45) is 0. The van der Waals surface area contributed by atoms with Gasteiger partial charge in [-0.05, 0) is 47.9 Å². The van der Waals surface area contributed by atoms with Crippen LogP contribution in [0.3, 0.4) is 0 Å². The molecule has 1 atom stereocenters. The minimum absolute atomic E-state index is 0. The molecule has 0 unspecified atom stereocenters. The number of benzene rings is 2. The molecule has 7 heteroatoms. The van der Waals surface area contributed by atoms with Crippen LogP contribution in [0, 0.1) is 18.6 Å². The molecular weight excluding hydrogens is 372 g/mol. The average Bonchev–Trinajstić information content (AvgIpc) is 2.63. The second-order valence-corrected chi connectivity index (χ2v) is 6.68. The highest BCUT2D eigenvalue weighted by atomic mass is 35.5. The Labute approximate surface area is 164 Å². The molecule has 3 rings (SSSR count). The van der Waals surface area contributed by atoms with Gasteiger partial charge in [0, 0.05) is 33.2 Å². The molecular formula is C20H24ClF2N3O. The summed E-state index contributed by atoms with van der Waals surface area (Å²) in [4.78, 5) is 16.5. The van der Waals surface area contributed by atoms with Crippen molar-refractivity contribution in [1.82, 2.24) is 15.1 Å². The first-order valence-corrected chi connectivity index (χ1v) is 8.68. The molecule has 146 valence electrons. The van der Waals surface area contributed by atoms with E-state index in [1.165, 1.54) is 24.3 Å². The fraction of sp³-hybridized carbons (Fsp3) is 0.350. The molecule has 1 aliphatic heterocycles. The van der Waals surface area contributed by atoms with Crippen LogP contribution in [0.2, 0.25) is 0 Å². The molecule has 4 nitrogen and oxygen atoms in total. The Morgan fingerprint density at radius 1 is 1.19 bits per heavy atom. The van der Waals surface area contributed by atoms with Gasteiger partial charge in [-0.2, -0.15) is 0 Å². The Kier molecular flexibility index (Phi) is 7.16. The lowest BCUT2D eigenvalue weighted by Crippen LogP contribution is -2.52. The predicted molar refractivity (Wildman–Crippen MR) is 104 cm³/mol. The fourth-order valence-corrected chi connectivity index (χ4v) is 3.37. The topological polar surface area (TPSA) is 35.6 Å². The van der Waals surface area contributed by atoms with E-state index >= 15 is 0 Å². The van der Waals surface area contributed by atoms with E-state index in [0.29, 0.717) is 26.2 Å². The summed E-state index contributed by atoms with van der Waals surface area (Å²) >= 11 is 0. The zero-order valence-electron chi connectivity index (χ0n) is 15.4. The number of piperazine rings is 1. The van der Waals surface area contributed by atoms with Gasteiger partial charge in [-0.25, -0.2) is 13.6 Å². The second kappa shape index (κ2) is 9.15. The van der Waals surface area contributed by atoms with Crippen molar-refractivity contribution in [3.05, 3.63) is 70.8 Å². The highest BCUT2D eigenvalue weighted by Crippen LogP contribution is 2.27. The molecule has 1 N–H and O–H groups in total. The van der Waals surface area contributed by atoms with Gasteiger partial charge in [0.1, 0.15) is 11.6 Å². The van der Waals surface area contributed by atoms with Crippen LogP contribution in [0.15, 0.2) is 42.5 Å². The third-order valence-electron chi connectivity index (χ3n) is 4.74. The van der Waals surface area contributed by atoms with Crippen molar-refractivity contribution in [3.8, 4) is 0 Å². The lowest BCUT2D eigenvalue weighted by Gasteiger charge is -2.39. The molecule has 2 aromatic rings. The highest BCUT2D eigenvalue weighted by molar-refractivity contribution is 5.85. The van der Waals surface area contributed by atoms with Crippen LogP contribution < -0.4 is 5.32 Å². The van der Waals surface area contributed by atoms with Crippen LogP contribution in [0.5, 0.6) is 0 Å². The summed E-state index contributed by atoms with van der Waals surface area (Å²) in [5.41, 5.74) is 2.65. The van der Waals surface area contributed by atoms with Crippen LogP contribution in [-0.2, 0) is 6.54 Å². The first-order valence-electron chi connectivity index (χ1n) is 8.68. The van der Waals surface area contributed by atoms with Crippen LogP contribution >= 0.6 is 12.4 Å². The monoisotopic (exact) mass is 395 g/mol. The third-order valence-corrected chi connectivity index (χ3v) is 4.74. The highest BCUT2D eigenvalue weighted by Gasteiger charge is 2.30. The summed E-state index contributed by atoms with van der Waals surface area (Å²) < 4.78 is 26.5. The normalized spacial score (nSPS) is 16.6. The van der Waals surface area contributed by atoms with Crippen LogP contribution in [-0.4, -0.2) is 42.5 Å². The standard InChI is InChI=1S/C20H23F2N3O.ClH/c1-14-11-17(22)7-8-18(14)19-12-23-9-10-25(19)20(26)24(2)13-15-3-5-16(21)6-4-15;/h3-8,11,19,23H,9-10,12-13H2,1-2H3;1H/t19-;/m1./s1. The molecule has 0 saturated carbocycles. The number of nitrogens with zero attached hydrogens (tertiary/aromatic N) is 2. The number of hydrogen-bond acceptors (Lipinski definition) is 2. The van der Waals surface area contributed by atoms with Crippen molar-refractivity contribution < 1.29 is 13.6 Å². The largest absolute Gasteiger partial charge is 0.323 e. The quantitative estimate of drug-likeness (QED) is 0.855. The van der Waals surface area contributed by atoms with Gasteiger partial charge in [-0.3, -0.25) is 0 Å². The van der Waals surface area contributed by atoms with Gasteiger partial charge in [0.2, 0.25) is 0 Å². The predicted octanol–water partition coefficient (Wildman–Crippen LogP) is 3.89. The van der Waals surface area contributed by atoms with Gasteiger partial charge >= 0.3 is 6.03 Å². The molecule has 1 saturated heterocycles. The van der Waals surface area contributed by atoms with E-state index in [4.69, 9.17) is 0 Å². The molecule has 1 aliphatic rings. The lowest BCUT2D eigenvalue weighted by molar-refractivity contribution is 0.126. The summed E-state index contributed by atoms with van der Waals surface area (Å²) in [5.74, 6) is -0.571. The molecule has 1 fully saturated rings. The average molecular weight is 396 g/mol. The van der Waals surface area contributed by atoms with Gasteiger partial charge in [0.05, 0.1) is 6.04 Å². The zero-order valence-corrected chi connectivity index (χ0v) is 16.2. The van der Waals surface area contributed by atoms with E-state index in [1.54, 1.807) is 30.1 Å². The number of rotatable bonds is 3. The van der Waals surface area contributed by atoms with Gasteiger partial charge in [0.25, 0.3) is 0 Å². The molecule has 1 heterocycles. The number of carbonyl (C=O) groups excluding carboxylic acids is 1. The number of hydrogen-bond donors (Lipinski definition) is 1. The molecule has 2 aromatic carbocycles. The molecule has 2 amide bonds. The summed E-state index contributed by atoms with van der Waals surface area (Å²) in [6, 6.07) is 10.6. The smallest absolute Gasteiger partial charge is 0.320 e. The van der Waals surface area contributed by atoms with E-state index in [9.17, 15) is 13.6 Å². The van der Waals surface area contributed by atoms with Gasteiger partial charge < -0.3 is 15.1 Å². The van der Waals surface area contributed by atoms with Crippen LogP contribution in [0.4, 0.5) is 13.6 Å². The third kappa shape index (κ3) is 4.96. The number of carbonyl (C=O) groups is 1. The fourth-order valence-electron chi connectivity index (χ4n) is 3.37. The van der Waals surface area contributed by atoms with Crippen molar-refractivity contribution in [1.29, 1.82) is 0 Å². The van der Waals surface area contributed by atoms with E-state index < -0.39 is 0 Å². The van der Waals surface area contributed by atoms with E-state index in [2.05, 4.69) is 5.32 Å². The first-order chi connectivity index (χ1) is 12.5. The van der Waals surface area contributed by atoms with Gasteiger partial charge in [-0.15, -0.1) is 12.4 Å². The Morgan fingerprint density at radius 2 is 1.85 bits per heavy atom. The van der Waals surface area contributed by atoms with Gasteiger partial charge in [-0.1, -0.05) is 18.2 Å². The van der Waals surface area contributed by atoms with Crippen LogP contribution in [0.25, 0.3) is 0 Å². The summed E-state index contributed by atoms with van der Waals surface area (Å²) in [6.45, 7) is 4.18. The number of aryl methyl sites for hydroxylation is 1. The molecule has 0 aromatic heterocycles. The second-order valence-electron chi connectivity index (χ2n) is 6.68. The maximum Gasteiger partial charge on any atom is 0.320 e. The first kappa shape index (κ1) is 21.1. The van der Waals surface area contributed by atoms with E-state index in [-0.39, 0.29) is 36.1 Å². The number of halogens is 3. The van der Waals surface area contributed by atoms with Crippen LogP contribution in [0.1, 0.15) is 22.7 Å². The van der Waals surface area contributed by atoms with Crippen molar-refractivity contribution in [2.24, 2.45) is 0 Å². The minimum atomic E-state index is -0.295. The van der Waals surface area contributed by atoms with E-state index in [1.807, 2.05) is 11.8 Å². The van der Waals surface area contributed by atoms with E-state index in [0.717, 1.165) is 16.7 Å². The summed E-state index contributed by atoms with van der Waals surface area (Å²) in [5, 5.41) is 3.31. The number of nitrogens with one attached hydrogen (secondary N) is 1. The molecule has 0 radical (unpaired) electrons. The van der Waals surface area contributed by atoms with Crippen molar-refractivity contribution >= 4 is 18.4 Å². The maximum atomic E-state index is 13.4.